The summed E-state index contributed by atoms with van der Waals surface area (Å²) in [6, 6.07) is 8.06. The molecule has 1 unspecified atom stereocenters. The van der Waals surface area contributed by atoms with E-state index in [9.17, 15) is 14.4 Å². The summed E-state index contributed by atoms with van der Waals surface area (Å²) in [5.41, 5.74) is 0.328. The Labute approximate surface area is 131 Å². The number of nitrogens with zero attached hydrogens (tertiary/aromatic N) is 2. The number of rotatable bonds is 6. The number of esters is 2. The van der Waals surface area contributed by atoms with E-state index in [1.54, 1.807) is 41.5 Å². The second kappa shape index (κ2) is 7.74. The van der Waals surface area contributed by atoms with Crippen molar-refractivity contribution in [1.29, 1.82) is 0 Å². The van der Waals surface area contributed by atoms with Gasteiger partial charge in [-0.15, -0.1) is 0 Å². The van der Waals surface area contributed by atoms with Gasteiger partial charge in [0.05, 0.1) is 12.9 Å². The highest BCUT2D eigenvalue weighted by molar-refractivity contribution is 6.28. The van der Waals surface area contributed by atoms with Crippen molar-refractivity contribution in [3.05, 3.63) is 54.6 Å². The highest BCUT2D eigenvalue weighted by Crippen LogP contribution is 2.19. The molecule has 0 saturated carbocycles. The molecular weight excluding hydrogens is 304 g/mol. The minimum absolute atomic E-state index is 0.0309. The topological polar surface area (TPSA) is 108 Å². The zero-order valence-electron chi connectivity index (χ0n) is 12.0. The van der Waals surface area contributed by atoms with Crippen molar-refractivity contribution in [2.75, 3.05) is 6.61 Å². The molecule has 1 atom stereocenters. The van der Waals surface area contributed by atoms with Crippen molar-refractivity contribution in [1.82, 2.24) is 9.55 Å². The van der Waals surface area contributed by atoms with Crippen molar-refractivity contribution >= 4 is 17.9 Å². The third-order valence-electron chi connectivity index (χ3n) is 2.87. The van der Waals surface area contributed by atoms with E-state index in [1.807, 2.05) is 0 Å². The van der Waals surface area contributed by atoms with Crippen molar-refractivity contribution in [3.63, 3.8) is 0 Å². The zero-order chi connectivity index (χ0) is 16.7. The summed E-state index contributed by atoms with van der Waals surface area (Å²) in [5, 5.41) is 8.62. The number of ether oxygens (including phenoxy) is 2. The molecule has 8 heteroatoms. The Bertz CT molecular complexity index is 669. The normalized spacial score (nSPS) is 11.5. The molecule has 0 saturated heterocycles. The van der Waals surface area contributed by atoms with Crippen molar-refractivity contribution in [2.45, 2.75) is 12.6 Å². The highest BCUT2D eigenvalue weighted by atomic mass is 16.6. The van der Waals surface area contributed by atoms with Gasteiger partial charge in [0, 0.05) is 18.0 Å². The predicted molar refractivity (Wildman–Crippen MR) is 76.1 cm³/mol. The minimum Gasteiger partial charge on any atom is -0.473 e. The van der Waals surface area contributed by atoms with Crippen LogP contribution in [0.3, 0.4) is 0 Å². The Morgan fingerprint density at radius 1 is 1.22 bits per heavy atom. The van der Waals surface area contributed by atoms with Gasteiger partial charge in [0.25, 0.3) is 0 Å². The summed E-state index contributed by atoms with van der Waals surface area (Å²) in [6.07, 6.45) is 3.42. The largest absolute Gasteiger partial charge is 0.473 e. The molecule has 2 aromatic rings. The number of benzene rings is 1. The van der Waals surface area contributed by atoms with Gasteiger partial charge < -0.3 is 19.1 Å². The number of hydrogen-bond donors (Lipinski definition) is 1. The molecule has 0 bridgehead atoms. The second-order valence-corrected chi connectivity index (χ2v) is 4.47. The van der Waals surface area contributed by atoms with Crippen molar-refractivity contribution in [2.24, 2.45) is 0 Å². The quantitative estimate of drug-likeness (QED) is 0.620. The first-order chi connectivity index (χ1) is 11.1. The molecule has 1 aromatic carbocycles. The van der Waals surface area contributed by atoms with Crippen molar-refractivity contribution in [3.8, 4) is 0 Å². The van der Waals surface area contributed by atoms with E-state index in [2.05, 4.69) is 4.98 Å². The maximum Gasteiger partial charge on any atom is 0.418 e. The van der Waals surface area contributed by atoms with Gasteiger partial charge in [0.2, 0.25) is 6.10 Å². The van der Waals surface area contributed by atoms with Gasteiger partial charge in [-0.1, -0.05) is 30.3 Å². The Kier molecular flexibility index (Phi) is 5.45. The lowest BCUT2D eigenvalue weighted by Crippen LogP contribution is -2.26. The van der Waals surface area contributed by atoms with E-state index in [0.717, 1.165) is 0 Å². The molecule has 23 heavy (non-hydrogen) atoms. The summed E-state index contributed by atoms with van der Waals surface area (Å²) in [5.74, 6) is -4.14. The summed E-state index contributed by atoms with van der Waals surface area (Å²) >= 11 is 0. The SMILES string of the molecule is O=C(O)C(=O)OC(C(=O)OCCn1ccnc1)c1ccccc1. The van der Waals surface area contributed by atoms with E-state index in [0.29, 0.717) is 12.1 Å². The van der Waals surface area contributed by atoms with Crippen LogP contribution in [-0.2, 0) is 30.4 Å². The van der Waals surface area contributed by atoms with Gasteiger partial charge in [0.1, 0.15) is 6.61 Å². The number of imidazole rings is 1. The first kappa shape index (κ1) is 16.2. The summed E-state index contributed by atoms with van der Waals surface area (Å²) in [4.78, 5) is 37.8. The molecule has 0 aliphatic rings. The number of carbonyl (C=O) groups is 3. The van der Waals surface area contributed by atoms with Crippen LogP contribution >= 0.6 is 0 Å². The van der Waals surface area contributed by atoms with E-state index >= 15 is 0 Å². The molecule has 2 rings (SSSR count). The van der Waals surface area contributed by atoms with Crippen LogP contribution in [0.4, 0.5) is 0 Å². The molecule has 1 N–H and O–H groups in total. The number of carboxylic acid groups (broad SMARTS) is 1. The number of aliphatic carboxylic acids is 1. The number of carbonyl (C=O) groups excluding carboxylic acids is 2. The summed E-state index contributed by atoms with van der Waals surface area (Å²) in [7, 11) is 0. The molecule has 0 amide bonds. The monoisotopic (exact) mass is 318 g/mol. The number of carboxylic acids is 1. The van der Waals surface area contributed by atoms with Crippen molar-refractivity contribution < 1.29 is 29.0 Å². The molecule has 1 aromatic heterocycles. The highest BCUT2D eigenvalue weighted by Gasteiger charge is 2.29. The molecule has 0 aliphatic heterocycles. The average Bonchev–Trinajstić information content (AvgIpc) is 3.06. The minimum atomic E-state index is -1.78. The van der Waals surface area contributed by atoms with E-state index in [1.165, 1.54) is 12.1 Å². The fourth-order valence-electron chi connectivity index (χ4n) is 1.78. The standard InChI is InChI=1S/C15H14N2O6/c18-13(19)15(21)23-12(11-4-2-1-3-5-11)14(20)22-9-8-17-7-6-16-10-17/h1-7,10,12H,8-9H2,(H,18,19). The fourth-order valence-corrected chi connectivity index (χ4v) is 1.78. The Balaban J connectivity index is 2.01. The van der Waals surface area contributed by atoms with Gasteiger partial charge in [-0.25, -0.2) is 19.4 Å². The van der Waals surface area contributed by atoms with Crippen LogP contribution in [0.5, 0.6) is 0 Å². The Morgan fingerprint density at radius 2 is 1.96 bits per heavy atom. The van der Waals surface area contributed by atoms with E-state index in [4.69, 9.17) is 14.6 Å². The Hall–Kier alpha value is -3.16. The third kappa shape index (κ3) is 4.67. The van der Waals surface area contributed by atoms with Crippen LogP contribution in [0.1, 0.15) is 11.7 Å². The van der Waals surface area contributed by atoms with E-state index < -0.39 is 24.0 Å². The molecule has 120 valence electrons. The summed E-state index contributed by atoms with van der Waals surface area (Å²) < 4.78 is 11.5. The lowest BCUT2D eigenvalue weighted by atomic mass is 10.1. The van der Waals surface area contributed by atoms with Gasteiger partial charge in [0.15, 0.2) is 0 Å². The van der Waals surface area contributed by atoms with Crippen LogP contribution in [0.2, 0.25) is 0 Å². The smallest absolute Gasteiger partial charge is 0.418 e. The van der Waals surface area contributed by atoms with Gasteiger partial charge in [-0.3, -0.25) is 0 Å². The van der Waals surface area contributed by atoms with Crippen LogP contribution < -0.4 is 0 Å². The maximum atomic E-state index is 12.1. The first-order valence-electron chi connectivity index (χ1n) is 6.69. The van der Waals surface area contributed by atoms with E-state index in [-0.39, 0.29) is 6.61 Å². The van der Waals surface area contributed by atoms with Crippen LogP contribution in [0.25, 0.3) is 0 Å². The van der Waals surface area contributed by atoms with Gasteiger partial charge >= 0.3 is 17.9 Å². The van der Waals surface area contributed by atoms with Gasteiger partial charge in [-0.2, -0.15) is 0 Å². The third-order valence-corrected chi connectivity index (χ3v) is 2.87. The zero-order valence-corrected chi connectivity index (χ0v) is 12.0. The molecule has 0 radical (unpaired) electrons. The lowest BCUT2D eigenvalue weighted by Gasteiger charge is -2.16. The lowest BCUT2D eigenvalue weighted by molar-refractivity contribution is -0.176. The number of aromatic nitrogens is 2. The molecule has 1 heterocycles. The fraction of sp³-hybridized carbons (Fsp3) is 0.200. The van der Waals surface area contributed by atoms with Crippen LogP contribution in [-0.4, -0.2) is 39.2 Å². The maximum absolute atomic E-state index is 12.1. The Morgan fingerprint density at radius 3 is 2.57 bits per heavy atom. The summed E-state index contributed by atoms with van der Waals surface area (Å²) in [6.45, 7) is 0.406. The predicted octanol–water partition coefficient (Wildman–Crippen LogP) is 0.795. The number of hydrogen-bond acceptors (Lipinski definition) is 6. The molecule has 0 fully saturated rings. The molecule has 0 aliphatic carbocycles. The molecule has 0 spiro atoms. The van der Waals surface area contributed by atoms with Crippen LogP contribution in [0, 0.1) is 0 Å². The molecular formula is C15H14N2O6. The average molecular weight is 318 g/mol. The second-order valence-electron chi connectivity index (χ2n) is 4.47. The van der Waals surface area contributed by atoms with Crippen LogP contribution in [0.15, 0.2) is 49.1 Å². The molecule has 8 nitrogen and oxygen atoms in total. The van der Waals surface area contributed by atoms with Gasteiger partial charge in [-0.05, 0) is 0 Å². The first-order valence-corrected chi connectivity index (χ1v) is 6.69.